The molecule has 1 amide bonds. The number of aromatic nitrogens is 3. The Morgan fingerprint density at radius 3 is 2.50 bits per heavy atom. The Morgan fingerprint density at radius 2 is 1.94 bits per heavy atom. The third-order valence-corrected chi connectivity index (χ3v) is 3.79. The lowest BCUT2D eigenvalue weighted by Crippen LogP contribution is -2.30. The zero-order valence-electron chi connectivity index (χ0n) is 11.3. The van der Waals surface area contributed by atoms with Gasteiger partial charge in [0, 0.05) is 17.7 Å². The molecule has 2 aromatic rings. The Hall–Kier alpha value is -1.43. The standard InChI is InChI=1S/C12H18N4OS/c1-6(2)10-14-15-12-16(10)8(5)9(18-12)11(17)13-7(3)4/h6-7H,1-5H3,(H,13,17). The number of nitrogens with one attached hydrogen (secondary N) is 1. The van der Waals surface area contributed by atoms with Gasteiger partial charge < -0.3 is 5.32 Å². The van der Waals surface area contributed by atoms with Crippen LogP contribution in [0.25, 0.3) is 4.96 Å². The number of amides is 1. The largest absolute Gasteiger partial charge is 0.349 e. The van der Waals surface area contributed by atoms with Crippen molar-refractivity contribution in [2.45, 2.75) is 46.6 Å². The van der Waals surface area contributed by atoms with Crippen molar-refractivity contribution in [2.75, 3.05) is 0 Å². The molecule has 0 fully saturated rings. The van der Waals surface area contributed by atoms with E-state index in [9.17, 15) is 4.79 Å². The number of hydrogen-bond acceptors (Lipinski definition) is 4. The van der Waals surface area contributed by atoms with Crippen molar-refractivity contribution < 1.29 is 4.79 Å². The van der Waals surface area contributed by atoms with Crippen LogP contribution in [0.15, 0.2) is 0 Å². The first-order valence-corrected chi connectivity index (χ1v) is 6.88. The summed E-state index contributed by atoms with van der Waals surface area (Å²) in [5.74, 6) is 1.16. The minimum absolute atomic E-state index is 0.0345. The molecule has 2 rings (SSSR count). The molecule has 98 valence electrons. The summed E-state index contributed by atoms with van der Waals surface area (Å²) >= 11 is 1.39. The van der Waals surface area contributed by atoms with Gasteiger partial charge in [-0.3, -0.25) is 9.20 Å². The summed E-state index contributed by atoms with van der Waals surface area (Å²) in [6.45, 7) is 9.98. The lowest BCUT2D eigenvalue weighted by Gasteiger charge is -2.07. The fourth-order valence-electron chi connectivity index (χ4n) is 1.84. The molecule has 2 heterocycles. The summed E-state index contributed by atoms with van der Waals surface area (Å²) in [7, 11) is 0. The van der Waals surface area contributed by atoms with Crippen LogP contribution in [-0.2, 0) is 0 Å². The summed E-state index contributed by atoms with van der Waals surface area (Å²) in [5.41, 5.74) is 0.918. The molecule has 6 heteroatoms. The molecular formula is C12H18N4OS. The van der Waals surface area contributed by atoms with Crippen LogP contribution in [0.5, 0.6) is 0 Å². The van der Waals surface area contributed by atoms with Crippen LogP contribution in [0.3, 0.4) is 0 Å². The number of hydrogen-bond donors (Lipinski definition) is 1. The van der Waals surface area contributed by atoms with Crippen molar-refractivity contribution in [3.8, 4) is 0 Å². The smallest absolute Gasteiger partial charge is 0.263 e. The van der Waals surface area contributed by atoms with Crippen LogP contribution >= 0.6 is 11.3 Å². The number of nitrogens with zero attached hydrogens (tertiary/aromatic N) is 3. The van der Waals surface area contributed by atoms with Crippen molar-refractivity contribution in [1.82, 2.24) is 19.9 Å². The molecule has 0 saturated carbocycles. The van der Waals surface area contributed by atoms with Crippen molar-refractivity contribution in [3.63, 3.8) is 0 Å². The number of rotatable bonds is 3. The minimum atomic E-state index is -0.0345. The van der Waals surface area contributed by atoms with Gasteiger partial charge in [0.1, 0.15) is 10.7 Å². The molecule has 0 radical (unpaired) electrons. The van der Waals surface area contributed by atoms with Gasteiger partial charge >= 0.3 is 0 Å². The number of fused-ring (bicyclic) bond motifs is 1. The molecule has 0 saturated heterocycles. The third-order valence-electron chi connectivity index (χ3n) is 2.66. The van der Waals surface area contributed by atoms with Crippen molar-refractivity contribution >= 4 is 22.2 Å². The van der Waals surface area contributed by atoms with Crippen molar-refractivity contribution in [3.05, 3.63) is 16.4 Å². The van der Waals surface area contributed by atoms with Gasteiger partial charge in [-0.1, -0.05) is 25.2 Å². The summed E-state index contributed by atoms with van der Waals surface area (Å²) in [4.78, 5) is 13.6. The molecule has 2 aromatic heterocycles. The molecular weight excluding hydrogens is 248 g/mol. The highest BCUT2D eigenvalue weighted by Gasteiger charge is 2.21. The first-order chi connectivity index (χ1) is 8.41. The highest BCUT2D eigenvalue weighted by Crippen LogP contribution is 2.25. The third kappa shape index (κ3) is 2.12. The maximum absolute atomic E-state index is 12.1. The van der Waals surface area contributed by atoms with E-state index in [0.717, 1.165) is 21.4 Å². The number of thiazole rings is 1. The van der Waals surface area contributed by atoms with Crippen LogP contribution in [0, 0.1) is 6.92 Å². The normalized spacial score (nSPS) is 11.7. The van der Waals surface area contributed by atoms with Crippen LogP contribution in [0.4, 0.5) is 0 Å². The second kappa shape index (κ2) is 4.68. The van der Waals surface area contributed by atoms with E-state index in [1.165, 1.54) is 11.3 Å². The molecule has 0 aliphatic rings. The van der Waals surface area contributed by atoms with Crippen LogP contribution in [0.2, 0.25) is 0 Å². The van der Waals surface area contributed by atoms with E-state index in [1.807, 2.05) is 25.2 Å². The number of carbonyl (C=O) groups excluding carboxylic acids is 1. The van der Waals surface area contributed by atoms with Crippen LogP contribution in [0.1, 0.15) is 54.8 Å². The fourth-order valence-corrected chi connectivity index (χ4v) is 2.82. The predicted octanol–water partition coefficient (Wildman–Crippen LogP) is 2.36. The first kappa shape index (κ1) is 13.0. The van der Waals surface area contributed by atoms with E-state index in [2.05, 4.69) is 29.4 Å². The van der Waals surface area contributed by atoms with Gasteiger partial charge in [-0.05, 0) is 20.8 Å². The molecule has 5 nitrogen and oxygen atoms in total. The number of aryl methyl sites for hydroxylation is 1. The predicted molar refractivity (Wildman–Crippen MR) is 72.3 cm³/mol. The van der Waals surface area contributed by atoms with Gasteiger partial charge in [-0.2, -0.15) is 0 Å². The first-order valence-electron chi connectivity index (χ1n) is 6.07. The fraction of sp³-hybridized carbons (Fsp3) is 0.583. The summed E-state index contributed by atoms with van der Waals surface area (Å²) in [6.07, 6.45) is 0. The van der Waals surface area contributed by atoms with E-state index < -0.39 is 0 Å². The molecule has 0 unspecified atom stereocenters. The Morgan fingerprint density at radius 1 is 1.28 bits per heavy atom. The zero-order chi connectivity index (χ0) is 13.4. The molecule has 18 heavy (non-hydrogen) atoms. The molecule has 0 aliphatic heterocycles. The maximum Gasteiger partial charge on any atom is 0.263 e. The van der Waals surface area contributed by atoms with Gasteiger partial charge in [0.05, 0.1) is 0 Å². The maximum atomic E-state index is 12.1. The minimum Gasteiger partial charge on any atom is -0.349 e. The van der Waals surface area contributed by atoms with E-state index in [4.69, 9.17) is 0 Å². The van der Waals surface area contributed by atoms with Gasteiger partial charge in [0.25, 0.3) is 5.91 Å². The topological polar surface area (TPSA) is 59.3 Å². The highest BCUT2D eigenvalue weighted by molar-refractivity contribution is 7.19. The second-order valence-corrected chi connectivity index (χ2v) is 5.95. The monoisotopic (exact) mass is 266 g/mol. The Bertz CT molecular complexity index is 582. The van der Waals surface area contributed by atoms with Gasteiger partial charge in [-0.25, -0.2) is 0 Å². The lowest BCUT2D eigenvalue weighted by atomic mass is 10.2. The summed E-state index contributed by atoms with van der Waals surface area (Å²) in [5, 5.41) is 11.2. The highest BCUT2D eigenvalue weighted by atomic mass is 32.1. The molecule has 1 N–H and O–H groups in total. The van der Waals surface area contributed by atoms with Crippen LogP contribution in [-0.4, -0.2) is 26.5 Å². The Balaban J connectivity index is 2.48. The van der Waals surface area contributed by atoms with Gasteiger partial charge in [0.15, 0.2) is 0 Å². The zero-order valence-corrected chi connectivity index (χ0v) is 12.1. The van der Waals surface area contributed by atoms with Gasteiger partial charge in [0.2, 0.25) is 4.96 Å². The van der Waals surface area contributed by atoms with Crippen LogP contribution < -0.4 is 5.32 Å². The van der Waals surface area contributed by atoms with Gasteiger partial charge in [-0.15, -0.1) is 10.2 Å². The van der Waals surface area contributed by atoms with Crippen molar-refractivity contribution in [1.29, 1.82) is 0 Å². The lowest BCUT2D eigenvalue weighted by molar-refractivity contribution is 0.0946. The average molecular weight is 266 g/mol. The second-order valence-electron chi connectivity index (χ2n) is 4.98. The molecule has 0 bridgehead atoms. The van der Waals surface area contributed by atoms with E-state index in [0.29, 0.717) is 0 Å². The quantitative estimate of drug-likeness (QED) is 0.927. The SMILES string of the molecule is Cc1c(C(=O)NC(C)C)sc2nnc(C(C)C)n12. The summed E-state index contributed by atoms with van der Waals surface area (Å²) < 4.78 is 1.98. The Kier molecular flexibility index (Phi) is 3.38. The van der Waals surface area contributed by atoms with E-state index in [-0.39, 0.29) is 17.9 Å². The van der Waals surface area contributed by atoms with E-state index >= 15 is 0 Å². The molecule has 0 spiro atoms. The molecule has 0 atom stereocenters. The summed E-state index contributed by atoms with van der Waals surface area (Å²) in [6, 6.07) is 0.133. The Labute approximate surface area is 110 Å². The average Bonchev–Trinajstić information content (AvgIpc) is 2.78. The van der Waals surface area contributed by atoms with E-state index in [1.54, 1.807) is 0 Å². The van der Waals surface area contributed by atoms with Crippen molar-refractivity contribution in [2.24, 2.45) is 0 Å². The molecule has 0 aliphatic carbocycles. The number of carbonyl (C=O) groups is 1. The molecule has 0 aromatic carbocycles.